The fourth-order valence-electron chi connectivity index (χ4n) is 2.72. The van der Waals surface area contributed by atoms with E-state index in [1.807, 2.05) is 25.1 Å². The van der Waals surface area contributed by atoms with E-state index in [9.17, 15) is 9.59 Å². The molecule has 1 amide bonds. The lowest BCUT2D eigenvalue weighted by atomic mass is 10.0. The summed E-state index contributed by atoms with van der Waals surface area (Å²) in [6, 6.07) is 10.2. The molecule has 1 heterocycles. The standard InChI is InChI=1S/C16H22N2O3/c1-3-13-11-17(14-7-5-4-6-8-14)9-10-18(13)15(19)12(2)16(20)21/h4-8,12-13H,3,9-11H2,1-2H3,(H,20,21)/t12-,13+/m0/s1. The summed E-state index contributed by atoms with van der Waals surface area (Å²) >= 11 is 0. The maximum absolute atomic E-state index is 12.3. The Morgan fingerprint density at radius 3 is 2.52 bits per heavy atom. The predicted octanol–water partition coefficient (Wildman–Crippen LogP) is 1.83. The minimum atomic E-state index is -1.06. The number of nitrogens with zero attached hydrogens (tertiary/aromatic N) is 2. The minimum Gasteiger partial charge on any atom is -0.481 e. The largest absolute Gasteiger partial charge is 0.481 e. The number of carbonyl (C=O) groups excluding carboxylic acids is 1. The van der Waals surface area contributed by atoms with Crippen LogP contribution in [0.5, 0.6) is 0 Å². The molecule has 1 fully saturated rings. The SMILES string of the molecule is CC[C@@H]1CN(c2ccccc2)CCN1C(=O)[C@H](C)C(=O)O. The summed E-state index contributed by atoms with van der Waals surface area (Å²) in [5, 5.41) is 9.01. The molecule has 1 aliphatic rings. The molecule has 1 saturated heterocycles. The normalized spacial score (nSPS) is 20.2. The number of aliphatic carboxylic acids is 1. The van der Waals surface area contributed by atoms with E-state index in [4.69, 9.17) is 5.11 Å². The number of piperazine rings is 1. The van der Waals surface area contributed by atoms with E-state index in [0.717, 1.165) is 25.2 Å². The quantitative estimate of drug-likeness (QED) is 0.860. The molecule has 1 aromatic rings. The molecule has 5 heteroatoms. The molecule has 0 unspecified atom stereocenters. The average Bonchev–Trinajstić information content (AvgIpc) is 2.53. The van der Waals surface area contributed by atoms with Gasteiger partial charge in [-0.15, -0.1) is 0 Å². The smallest absolute Gasteiger partial charge is 0.315 e. The topological polar surface area (TPSA) is 60.9 Å². The molecule has 1 aromatic carbocycles. The number of rotatable bonds is 4. The van der Waals surface area contributed by atoms with Crippen LogP contribution in [0.25, 0.3) is 0 Å². The summed E-state index contributed by atoms with van der Waals surface area (Å²) in [5.74, 6) is -2.30. The first-order valence-corrected chi connectivity index (χ1v) is 7.37. The van der Waals surface area contributed by atoms with Crippen molar-refractivity contribution in [2.24, 2.45) is 5.92 Å². The van der Waals surface area contributed by atoms with Crippen molar-refractivity contribution in [3.63, 3.8) is 0 Å². The lowest BCUT2D eigenvalue weighted by Gasteiger charge is -2.42. The van der Waals surface area contributed by atoms with Gasteiger partial charge in [-0.3, -0.25) is 9.59 Å². The highest BCUT2D eigenvalue weighted by Gasteiger charge is 2.34. The van der Waals surface area contributed by atoms with Gasteiger partial charge in [-0.1, -0.05) is 25.1 Å². The predicted molar refractivity (Wildman–Crippen MR) is 81.2 cm³/mol. The molecule has 2 rings (SSSR count). The second-order valence-electron chi connectivity index (χ2n) is 5.44. The molecule has 0 spiro atoms. The van der Waals surface area contributed by atoms with Crippen LogP contribution in [0, 0.1) is 5.92 Å². The van der Waals surface area contributed by atoms with E-state index < -0.39 is 11.9 Å². The molecule has 0 aliphatic carbocycles. The molecular weight excluding hydrogens is 268 g/mol. The van der Waals surface area contributed by atoms with Crippen LogP contribution in [0.1, 0.15) is 20.3 Å². The third-order valence-corrected chi connectivity index (χ3v) is 4.10. The number of anilines is 1. The van der Waals surface area contributed by atoms with Gasteiger partial charge in [-0.25, -0.2) is 0 Å². The number of hydrogen-bond acceptors (Lipinski definition) is 3. The number of hydrogen-bond donors (Lipinski definition) is 1. The van der Waals surface area contributed by atoms with E-state index in [1.54, 1.807) is 4.90 Å². The van der Waals surface area contributed by atoms with Crippen molar-refractivity contribution in [1.29, 1.82) is 0 Å². The Balaban J connectivity index is 2.09. The van der Waals surface area contributed by atoms with Crippen molar-refractivity contribution in [2.75, 3.05) is 24.5 Å². The highest BCUT2D eigenvalue weighted by atomic mass is 16.4. The average molecular weight is 290 g/mol. The fraction of sp³-hybridized carbons (Fsp3) is 0.500. The summed E-state index contributed by atoms with van der Waals surface area (Å²) in [5.41, 5.74) is 1.15. The number of carboxylic acids is 1. The number of carboxylic acid groups (broad SMARTS) is 1. The highest BCUT2D eigenvalue weighted by Crippen LogP contribution is 2.21. The van der Waals surface area contributed by atoms with Crippen molar-refractivity contribution >= 4 is 17.6 Å². The van der Waals surface area contributed by atoms with Gasteiger partial charge in [0.25, 0.3) is 0 Å². The van der Waals surface area contributed by atoms with Gasteiger partial charge in [0.15, 0.2) is 0 Å². The van der Waals surface area contributed by atoms with Gasteiger partial charge < -0.3 is 14.9 Å². The first-order valence-electron chi connectivity index (χ1n) is 7.37. The van der Waals surface area contributed by atoms with Crippen LogP contribution in [-0.2, 0) is 9.59 Å². The van der Waals surface area contributed by atoms with E-state index >= 15 is 0 Å². The number of benzene rings is 1. The third-order valence-electron chi connectivity index (χ3n) is 4.10. The van der Waals surface area contributed by atoms with E-state index in [-0.39, 0.29) is 11.9 Å². The van der Waals surface area contributed by atoms with Crippen LogP contribution in [-0.4, -0.2) is 47.6 Å². The maximum atomic E-state index is 12.3. The summed E-state index contributed by atoms with van der Waals surface area (Å²) in [7, 11) is 0. The van der Waals surface area contributed by atoms with Crippen LogP contribution in [0.15, 0.2) is 30.3 Å². The van der Waals surface area contributed by atoms with Crippen LogP contribution in [0.3, 0.4) is 0 Å². The third kappa shape index (κ3) is 3.35. The Morgan fingerprint density at radius 2 is 1.95 bits per heavy atom. The molecule has 0 saturated carbocycles. The van der Waals surface area contributed by atoms with Gasteiger partial charge in [-0.05, 0) is 25.5 Å². The van der Waals surface area contributed by atoms with Crippen LogP contribution in [0.4, 0.5) is 5.69 Å². The minimum absolute atomic E-state index is 0.0632. The van der Waals surface area contributed by atoms with Gasteiger partial charge in [0.05, 0.1) is 0 Å². The fourth-order valence-corrected chi connectivity index (χ4v) is 2.72. The summed E-state index contributed by atoms with van der Waals surface area (Å²) < 4.78 is 0. The maximum Gasteiger partial charge on any atom is 0.315 e. The van der Waals surface area contributed by atoms with Gasteiger partial charge in [0.1, 0.15) is 5.92 Å². The monoisotopic (exact) mass is 290 g/mol. The van der Waals surface area contributed by atoms with Crippen molar-refractivity contribution in [3.8, 4) is 0 Å². The van der Waals surface area contributed by atoms with Crippen LogP contribution >= 0.6 is 0 Å². The van der Waals surface area contributed by atoms with Gasteiger partial charge in [-0.2, -0.15) is 0 Å². The Kier molecular flexibility index (Phi) is 4.83. The Morgan fingerprint density at radius 1 is 1.29 bits per heavy atom. The number of para-hydroxylation sites is 1. The van der Waals surface area contributed by atoms with Gasteiger partial charge in [0, 0.05) is 31.4 Å². The van der Waals surface area contributed by atoms with Crippen LogP contribution < -0.4 is 4.90 Å². The second kappa shape index (κ2) is 6.61. The molecule has 114 valence electrons. The van der Waals surface area contributed by atoms with Crippen molar-refractivity contribution in [2.45, 2.75) is 26.3 Å². The molecule has 1 aliphatic heterocycles. The zero-order valence-corrected chi connectivity index (χ0v) is 12.5. The lowest BCUT2D eigenvalue weighted by Crippen LogP contribution is -2.56. The van der Waals surface area contributed by atoms with Gasteiger partial charge in [0.2, 0.25) is 5.91 Å². The molecule has 0 bridgehead atoms. The second-order valence-corrected chi connectivity index (χ2v) is 5.44. The lowest BCUT2D eigenvalue weighted by molar-refractivity contribution is -0.151. The Hall–Kier alpha value is -2.04. The van der Waals surface area contributed by atoms with Gasteiger partial charge >= 0.3 is 5.97 Å². The highest BCUT2D eigenvalue weighted by molar-refractivity contribution is 5.96. The van der Waals surface area contributed by atoms with E-state index in [0.29, 0.717) is 6.54 Å². The number of carbonyl (C=O) groups is 2. The van der Waals surface area contributed by atoms with Crippen molar-refractivity contribution in [1.82, 2.24) is 4.90 Å². The molecule has 0 aromatic heterocycles. The Bertz CT molecular complexity index is 504. The summed E-state index contributed by atoms with van der Waals surface area (Å²) in [4.78, 5) is 27.3. The Labute approximate surface area is 125 Å². The molecule has 5 nitrogen and oxygen atoms in total. The molecular formula is C16H22N2O3. The molecule has 1 N–H and O–H groups in total. The van der Waals surface area contributed by atoms with E-state index in [1.165, 1.54) is 6.92 Å². The first kappa shape index (κ1) is 15.4. The van der Waals surface area contributed by atoms with Crippen LogP contribution in [0.2, 0.25) is 0 Å². The molecule has 2 atom stereocenters. The number of amides is 1. The summed E-state index contributed by atoms with van der Waals surface area (Å²) in [6.07, 6.45) is 0.821. The zero-order chi connectivity index (χ0) is 15.4. The molecule has 21 heavy (non-hydrogen) atoms. The first-order chi connectivity index (χ1) is 10.0. The summed E-state index contributed by atoms with van der Waals surface area (Å²) in [6.45, 7) is 5.55. The zero-order valence-electron chi connectivity index (χ0n) is 12.5. The van der Waals surface area contributed by atoms with Crippen molar-refractivity contribution < 1.29 is 14.7 Å². The van der Waals surface area contributed by atoms with Crippen molar-refractivity contribution in [3.05, 3.63) is 30.3 Å². The molecule has 0 radical (unpaired) electrons. The van der Waals surface area contributed by atoms with E-state index in [2.05, 4.69) is 17.0 Å².